The lowest BCUT2D eigenvalue weighted by atomic mass is 9.87. The summed E-state index contributed by atoms with van der Waals surface area (Å²) in [6, 6.07) is 3.73. The van der Waals surface area contributed by atoms with Crippen LogP contribution in [0.25, 0.3) is 5.52 Å². The fourth-order valence-corrected chi connectivity index (χ4v) is 3.08. The van der Waals surface area contributed by atoms with Crippen LogP contribution in [0.5, 0.6) is 0 Å². The number of allylic oxidation sites excluding steroid dienone is 2. The number of pyridine rings is 1. The summed E-state index contributed by atoms with van der Waals surface area (Å²) in [6.45, 7) is 7.18. The number of hydrogen-bond acceptors (Lipinski definition) is 4. The molecule has 0 aromatic carbocycles. The fourth-order valence-electron chi connectivity index (χ4n) is 3.08. The van der Waals surface area contributed by atoms with E-state index in [1.165, 1.54) is 0 Å². The van der Waals surface area contributed by atoms with E-state index in [4.69, 9.17) is 4.74 Å². The van der Waals surface area contributed by atoms with E-state index in [9.17, 15) is 14.4 Å². The quantitative estimate of drug-likeness (QED) is 0.811. The molecule has 0 unspecified atom stereocenters. The summed E-state index contributed by atoms with van der Waals surface area (Å²) in [6.07, 6.45) is 2.53. The summed E-state index contributed by atoms with van der Waals surface area (Å²) in [5.74, 6) is -1.08. The van der Waals surface area contributed by atoms with Gasteiger partial charge >= 0.3 is 5.97 Å². The van der Waals surface area contributed by atoms with E-state index in [-0.39, 0.29) is 35.0 Å². The summed E-state index contributed by atoms with van der Waals surface area (Å²) in [4.78, 5) is 38.1. The van der Waals surface area contributed by atoms with Crippen molar-refractivity contribution in [3.8, 4) is 0 Å². The van der Waals surface area contributed by atoms with Crippen molar-refractivity contribution in [3.05, 3.63) is 51.9 Å². The molecule has 124 valence electrons. The summed E-state index contributed by atoms with van der Waals surface area (Å²) in [7, 11) is 0. The molecule has 2 aromatic heterocycles. The Balaban J connectivity index is 2.43. The molecule has 0 spiro atoms. The second-order valence-electron chi connectivity index (χ2n) is 5.87. The molecule has 0 bridgehead atoms. The zero-order chi connectivity index (χ0) is 17.6. The van der Waals surface area contributed by atoms with Crippen molar-refractivity contribution < 1.29 is 19.1 Å². The zero-order valence-corrected chi connectivity index (χ0v) is 14.2. The Morgan fingerprint density at radius 3 is 2.42 bits per heavy atom. The number of hydrogen-bond donors (Lipinski definition) is 0. The minimum Gasteiger partial charge on any atom is -0.462 e. The van der Waals surface area contributed by atoms with E-state index in [2.05, 4.69) is 0 Å². The van der Waals surface area contributed by atoms with Gasteiger partial charge in [0, 0.05) is 17.3 Å². The minimum atomic E-state index is -0.571. The number of carbonyl (C=O) groups is 3. The van der Waals surface area contributed by atoms with Gasteiger partial charge in [-0.2, -0.15) is 0 Å². The van der Waals surface area contributed by atoms with E-state index < -0.39 is 5.97 Å². The summed E-state index contributed by atoms with van der Waals surface area (Å²) in [5, 5.41) is 0. The maximum atomic E-state index is 12.8. The molecular formula is C19H19NO4. The van der Waals surface area contributed by atoms with Crippen LogP contribution >= 0.6 is 0 Å². The van der Waals surface area contributed by atoms with Crippen LogP contribution in [0.2, 0.25) is 0 Å². The summed E-state index contributed by atoms with van der Waals surface area (Å²) >= 11 is 0. The first-order valence-corrected chi connectivity index (χ1v) is 8.03. The van der Waals surface area contributed by atoms with Gasteiger partial charge in [-0.15, -0.1) is 0 Å². The SMILES string of the molecule is CCOC(=O)c1c2c(n3ccc(CC)cc13)C(=O)C(C)=C(C)C2=O. The molecule has 0 atom stereocenters. The summed E-state index contributed by atoms with van der Waals surface area (Å²) in [5.41, 5.74) is 2.96. The standard InChI is InChI=1S/C19H19NO4/c1-5-12-7-8-20-13(9-12)14(19(23)24-6-2)15-16(20)18(22)11(4)10(3)17(15)21/h7-9H,5-6H2,1-4H3. The molecule has 0 saturated carbocycles. The zero-order valence-electron chi connectivity index (χ0n) is 14.2. The van der Waals surface area contributed by atoms with Crippen LogP contribution in [0.1, 0.15) is 64.5 Å². The van der Waals surface area contributed by atoms with Crippen LogP contribution in [-0.4, -0.2) is 28.5 Å². The van der Waals surface area contributed by atoms with E-state index in [0.717, 1.165) is 12.0 Å². The van der Waals surface area contributed by atoms with Crippen LogP contribution in [-0.2, 0) is 11.2 Å². The molecule has 0 amide bonds. The number of ketones is 2. The molecule has 0 radical (unpaired) electrons. The molecule has 0 N–H and O–H groups in total. The third kappa shape index (κ3) is 2.12. The Morgan fingerprint density at radius 1 is 1.12 bits per heavy atom. The monoisotopic (exact) mass is 325 g/mol. The molecule has 0 aliphatic heterocycles. The lowest BCUT2D eigenvalue weighted by molar-refractivity contribution is 0.0526. The van der Waals surface area contributed by atoms with Crippen molar-refractivity contribution in [1.29, 1.82) is 0 Å². The van der Waals surface area contributed by atoms with Crippen molar-refractivity contribution >= 4 is 23.1 Å². The number of aromatic nitrogens is 1. The highest BCUT2D eigenvalue weighted by Gasteiger charge is 2.37. The number of nitrogens with zero attached hydrogens (tertiary/aromatic N) is 1. The maximum Gasteiger partial charge on any atom is 0.341 e. The normalized spacial score (nSPS) is 14.3. The number of fused-ring (bicyclic) bond motifs is 3. The topological polar surface area (TPSA) is 64.8 Å². The second kappa shape index (κ2) is 5.74. The Kier molecular flexibility index (Phi) is 3.87. The molecule has 2 aromatic rings. The fraction of sp³-hybridized carbons (Fsp3) is 0.316. The van der Waals surface area contributed by atoms with Crippen LogP contribution < -0.4 is 0 Å². The molecule has 3 rings (SSSR count). The Hall–Kier alpha value is -2.69. The van der Waals surface area contributed by atoms with Crippen molar-refractivity contribution in [3.63, 3.8) is 0 Å². The lowest BCUT2D eigenvalue weighted by Crippen LogP contribution is -2.22. The van der Waals surface area contributed by atoms with Gasteiger partial charge < -0.3 is 9.14 Å². The molecule has 0 saturated heterocycles. The molecule has 2 heterocycles. The predicted octanol–water partition coefficient (Wildman–Crippen LogP) is 3.39. The molecule has 5 heteroatoms. The van der Waals surface area contributed by atoms with Gasteiger partial charge in [0.15, 0.2) is 5.78 Å². The van der Waals surface area contributed by atoms with Crippen molar-refractivity contribution in [2.75, 3.05) is 6.61 Å². The van der Waals surface area contributed by atoms with Gasteiger partial charge in [-0.05, 0) is 44.9 Å². The molecule has 5 nitrogen and oxygen atoms in total. The Labute approximate surface area is 139 Å². The van der Waals surface area contributed by atoms with Crippen LogP contribution in [0, 0.1) is 0 Å². The van der Waals surface area contributed by atoms with Gasteiger partial charge in [0.1, 0.15) is 5.69 Å². The number of esters is 1. The van der Waals surface area contributed by atoms with E-state index in [0.29, 0.717) is 16.7 Å². The number of aryl methyl sites for hydroxylation is 1. The first-order chi connectivity index (χ1) is 11.4. The average Bonchev–Trinajstić information content (AvgIpc) is 2.92. The summed E-state index contributed by atoms with van der Waals surface area (Å²) < 4.78 is 6.78. The van der Waals surface area contributed by atoms with Gasteiger partial charge in [-0.1, -0.05) is 6.92 Å². The minimum absolute atomic E-state index is 0.162. The number of ether oxygens (including phenoxy) is 1. The molecule has 24 heavy (non-hydrogen) atoms. The van der Waals surface area contributed by atoms with Gasteiger partial charge in [0.2, 0.25) is 5.78 Å². The number of carbonyl (C=O) groups excluding carboxylic acids is 3. The van der Waals surface area contributed by atoms with Gasteiger partial charge in [-0.25, -0.2) is 4.79 Å². The van der Waals surface area contributed by atoms with E-state index in [1.807, 2.05) is 19.1 Å². The van der Waals surface area contributed by atoms with Crippen LogP contribution in [0.3, 0.4) is 0 Å². The van der Waals surface area contributed by atoms with Gasteiger partial charge in [0.05, 0.1) is 23.3 Å². The second-order valence-corrected chi connectivity index (χ2v) is 5.87. The van der Waals surface area contributed by atoms with Crippen LogP contribution in [0.15, 0.2) is 29.5 Å². The van der Waals surface area contributed by atoms with E-state index in [1.54, 1.807) is 31.4 Å². The molecule has 1 aliphatic carbocycles. The highest BCUT2D eigenvalue weighted by molar-refractivity contribution is 6.30. The third-order valence-electron chi connectivity index (χ3n) is 4.58. The number of Topliss-reactive ketones (excluding diaryl/α,β-unsaturated/α-hetero) is 2. The molecular weight excluding hydrogens is 306 g/mol. The highest BCUT2D eigenvalue weighted by Crippen LogP contribution is 2.33. The van der Waals surface area contributed by atoms with Crippen molar-refractivity contribution in [1.82, 2.24) is 4.40 Å². The predicted molar refractivity (Wildman–Crippen MR) is 89.8 cm³/mol. The maximum absolute atomic E-state index is 12.8. The molecule has 1 aliphatic rings. The third-order valence-corrected chi connectivity index (χ3v) is 4.58. The van der Waals surface area contributed by atoms with Gasteiger partial charge in [-0.3, -0.25) is 9.59 Å². The smallest absolute Gasteiger partial charge is 0.341 e. The lowest BCUT2D eigenvalue weighted by Gasteiger charge is -2.14. The van der Waals surface area contributed by atoms with Crippen molar-refractivity contribution in [2.24, 2.45) is 0 Å². The first kappa shape index (κ1) is 16.2. The number of rotatable bonds is 3. The molecule has 0 fully saturated rings. The average molecular weight is 325 g/mol. The Morgan fingerprint density at radius 2 is 1.79 bits per heavy atom. The van der Waals surface area contributed by atoms with Crippen molar-refractivity contribution in [2.45, 2.75) is 34.1 Å². The largest absolute Gasteiger partial charge is 0.462 e. The van der Waals surface area contributed by atoms with E-state index >= 15 is 0 Å². The van der Waals surface area contributed by atoms with Gasteiger partial charge in [0.25, 0.3) is 0 Å². The Bertz CT molecular complexity index is 930. The first-order valence-electron chi connectivity index (χ1n) is 8.03. The highest BCUT2D eigenvalue weighted by atomic mass is 16.5. The van der Waals surface area contributed by atoms with Crippen LogP contribution in [0.4, 0.5) is 0 Å².